The molecular formula is C34H32N4O6S. The van der Waals surface area contributed by atoms with E-state index in [1.807, 2.05) is 48.5 Å². The molecule has 0 aliphatic carbocycles. The van der Waals surface area contributed by atoms with Crippen molar-refractivity contribution in [1.82, 2.24) is 20.5 Å². The Morgan fingerprint density at radius 1 is 1.00 bits per heavy atom. The van der Waals surface area contributed by atoms with Gasteiger partial charge in [0.05, 0.1) is 11.1 Å². The third-order valence-electron chi connectivity index (χ3n) is 8.04. The Bertz CT molecular complexity index is 1740. The minimum atomic E-state index is -0.983. The molecule has 0 spiro atoms. The molecule has 2 atom stereocenters. The minimum absolute atomic E-state index is 0.0673. The Hall–Kier alpha value is -4.77. The van der Waals surface area contributed by atoms with Crippen LogP contribution in [-0.4, -0.2) is 51.2 Å². The number of fused-ring (bicyclic) bond motifs is 2. The van der Waals surface area contributed by atoms with Crippen molar-refractivity contribution in [2.24, 2.45) is 0 Å². The van der Waals surface area contributed by atoms with E-state index in [2.05, 4.69) is 15.6 Å². The fourth-order valence-corrected chi connectivity index (χ4v) is 6.86. The minimum Gasteiger partial charge on any atom is -0.459 e. The second kappa shape index (κ2) is 13.5. The number of carbonyl (C=O) groups excluding carboxylic acids is 5. The van der Waals surface area contributed by atoms with E-state index in [0.29, 0.717) is 22.6 Å². The molecule has 2 aromatic carbocycles. The number of carbonyl (C=O) groups is 5. The molecule has 2 N–H and O–H groups in total. The molecule has 10 nitrogen and oxygen atoms in total. The van der Waals surface area contributed by atoms with Gasteiger partial charge in [-0.3, -0.25) is 39.2 Å². The molecule has 2 aromatic heterocycles. The van der Waals surface area contributed by atoms with Crippen LogP contribution in [0.1, 0.15) is 83.0 Å². The summed E-state index contributed by atoms with van der Waals surface area (Å²) in [5.41, 5.74) is 2.21. The standard InChI is InChI=1S/C34H32N4O6S/c39-28(36-31(22-10-8-17-35-20-22)26-19-21-9-4-5-12-25(21)44-26)14-3-1-2-6-18-45-27-13-7-11-23-30(27)34(43)38(33(23)42)24-15-16-29(40)37-32(24)41/h4-5,7-13,17,19-20,24,31H,1-3,6,14-16,18H2,(H,36,39)(H,37,40,41). The first-order valence-corrected chi connectivity index (χ1v) is 16.0. The topological polar surface area (TPSA) is 139 Å². The fraction of sp³-hybridized carbons (Fsp3) is 0.294. The van der Waals surface area contributed by atoms with Crippen LogP contribution in [0.3, 0.4) is 0 Å². The summed E-state index contributed by atoms with van der Waals surface area (Å²) in [4.78, 5) is 69.1. The monoisotopic (exact) mass is 624 g/mol. The van der Waals surface area contributed by atoms with Crippen molar-refractivity contribution in [2.75, 3.05) is 5.75 Å². The van der Waals surface area contributed by atoms with E-state index in [9.17, 15) is 24.0 Å². The first-order chi connectivity index (χ1) is 21.9. The fourth-order valence-electron chi connectivity index (χ4n) is 5.77. The molecule has 0 saturated carbocycles. The third kappa shape index (κ3) is 6.53. The summed E-state index contributed by atoms with van der Waals surface area (Å²) in [6.45, 7) is 0. The summed E-state index contributed by atoms with van der Waals surface area (Å²) in [6.07, 6.45) is 7.37. The van der Waals surface area contributed by atoms with Gasteiger partial charge in [-0.1, -0.05) is 43.2 Å². The maximum absolute atomic E-state index is 13.3. The van der Waals surface area contributed by atoms with Gasteiger partial charge in [0.2, 0.25) is 17.7 Å². The third-order valence-corrected chi connectivity index (χ3v) is 9.18. The highest BCUT2D eigenvalue weighted by atomic mass is 32.2. The zero-order valence-electron chi connectivity index (χ0n) is 24.5. The molecule has 5 amide bonds. The second-order valence-corrected chi connectivity index (χ2v) is 12.2. The van der Waals surface area contributed by atoms with Gasteiger partial charge in [-0.2, -0.15) is 0 Å². The molecule has 0 radical (unpaired) electrons. The van der Waals surface area contributed by atoms with Crippen LogP contribution < -0.4 is 10.6 Å². The summed E-state index contributed by atoms with van der Waals surface area (Å²) in [5.74, 6) is -0.698. The lowest BCUT2D eigenvalue weighted by molar-refractivity contribution is -0.136. The first-order valence-electron chi connectivity index (χ1n) is 15.1. The zero-order valence-corrected chi connectivity index (χ0v) is 25.3. The molecule has 230 valence electrons. The molecule has 2 aliphatic heterocycles. The van der Waals surface area contributed by atoms with E-state index in [1.54, 1.807) is 24.5 Å². The van der Waals surface area contributed by atoms with Crippen LogP contribution in [0.2, 0.25) is 0 Å². The number of aromatic nitrogens is 1. The molecule has 0 bridgehead atoms. The summed E-state index contributed by atoms with van der Waals surface area (Å²) >= 11 is 1.50. The van der Waals surface area contributed by atoms with Crippen LogP contribution >= 0.6 is 11.8 Å². The number of amides is 5. The number of pyridine rings is 1. The molecule has 4 aromatic rings. The number of rotatable bonds is 12. The van der Waals surface area contributed by atoms with Gasteiger partial charge in [-0.25, -0.2) is 0 Å². The number of para-hydroxylation sites is 1. The largest absolute Gasteiger partial charge is 0.459 e. The zero-order chi connectivity index (χ0) is 31.3. The number of unbranched alkanes of at least 4 members (excludes halogenated alkanes) is 3. The smallest absolute Gasteiger partial charge is 0.263 e. The summed E-state index contributed by atoms with van der Waals surface area (Å²) in [5, 5.41) is 6.31. The molecular weight excluding hydrogens is 592 g/mol. The van der Waals surface area contributed by atoms with Crippen molar-refractivity contribution in [1.29, 1.82) is 0 Å². The number of furan rings is 1. The average molecular weight is 625 g/mol. The predicted molar refractivity (Wildman–Crippen MR) is 167 cm³/mol. The van der Waals surface area contributed by atoms with Gasteiger partial charge in [0.25, 0.3) is 11.8 Å². The highest BCUT2D eigenvalue weighted by molar-refractivity contribution is 7.99. The van der Waals surface area contributed by atoms with Crippen LogP contribution in [0.15, 0.2) is 82.4 Å². The average Bonchev–Trinajstić information content (AvgIpc) is 3.58. The number of hydrogen-bond donors (Lipinski definition) is 2. The van der Waals surface area contributed by atoms with Gasteiger partial charge in [-0.05, 0) is 55.3 Å². The quantitative estimate of drug-likeness (QED) is 0.125. The number of nitrogens with zero attached hydrogens (tertiary/aromatic N) is 2. The number of piperidine rings is 1. The van der Waals surface area contributed by atoms with Gasteiger partial charge in [0.15, 0.2) is 0 Å². The van der Waals surface area contributed by atoms with E-state index in [1.165, 1.54) is 11.8 Å². The Kier molecular flexibility index (Phi) is 9.06. The van der Waals surface area contributed by atoms with Crippen LogP contribution in [0.25, 0.3) is 11.0 Å². The maximum atomic E-state index is 13.3. The number of nitrogens with one attached hydrogen (secondary N) is 2. The number of hydrogen-bond acceptors (Lipinski definition) is 8. The van der Waals surface area contributed by atoms with E-state index in [-0.39, 0.29) is 24.3 Å². The second-order valence-electron chi connectivity index (χ2n) is 11.1. The Morgan fingerprint density at radius 3 is 2.64 bits per heavy atom. The number of benzene rings is 2. The Morgan fingerprint density at radius 2 is 1.84 bits per heavy atom. The van der Waals surface area contributed by atoms with E-state index >= 15 is 0 Å². The molecule has 4 heterocycles. The van der Waals surface area contributed by atoms with Crippen molar-refractivity contribution in [3.63, 3.8) is 0 Å². The summed E-state index contributed by atoms with van der Waals surface area (Å²) in [7, 11) is 0. The molecule has 1 fully saturated rings. The highest BCUT2D eigenvalue weighted by Crippen LogP contribution is 2.35. The molecule has 45 heavy (non-hydrogen) atoms. The Balaban J connectivity index is 0.978. The lowest BCUT2D eigenvalue weighted by atomic mass is 10.0. The van der Waals surface area contributed by atoms with Crippen molar-refractivity contribution in [3.05, 3.63) is 95.5 Å². The van der Waals surface area contributed by atoms with Crippen molar-refractivity contribution >= 4 is 52.3 Å². The van der Waals surface area contributed by atoms with E-state index in [4.69, 9.17) is 4.42 Å². The molecule has 6 rings (SSSR count). The SMILES string of the molecule is O=C1CCC(N2C(=O)c3cccc(SCCCCCCC(=O)NC(c4cccnc4)c4cc5ccccc5o4)c3C2=O)C(=O)N1. The van der Waals surface area contributed by atoms with Gasteiger partial charge in [-0.15, -0.1) is 11.8 Å². The molecule has 2 unspecified atom stereocenters. The normalized spacial score (nSPS) is 17.0. The van der Waals surface area contributed by atoms with Crippen molar-refractivity contribution < 1.29 is 28.4 Å². The molecule has 2 aliphatic rings. The van der Waals surface area contributed by atoms with E-state index in [0.717, 1.165) is 52.9 Å². The molecule has 11 heteroatoms. The molecule has 1 saturated heterocycles. The van der Waals surface area contributed by atoms with Gasteiger partial charge in [0.1, 0.15) is 23.4 Å². The van der Waals surface area contributed by atoms with Crippen molar-refractivity contribution in [3.8, 4) is 0 Å². The lowest BCUT2D eigenvalue weighted by Gasteiger charge is -2.27. The first kappa shape index (κ1) is 30.3. The van der Waals surface area contributed by atoms with Crippen molar-refractivity contribution in [2.45, 2.75) is 61.9 Å². The summed E-state index contributed by atoms with van der Waals surface area (Å²) < 4.78 is 6.06. The van der Waals surface area contributed by atoms with Gasteiger partial charge >= 0.3 is 0 Å². The van der Waals surface area contributed by atoms with E-state index < -0.39 is 35.7 Å². The highest BCUT2D eigenvalue weighted by Gasteiger charge is 2.45. The van der Waals surface area contributed by atoms with Crippen LogP contribution in [-0.2, 0) is 14.4 Å². The number of imide groups is 2. The summed E-state index contributed by atoms with van der Waals surface area (Å²) in [6, 6.07) is 17.2. The van der Waals surface area contributed by atoms with Gasteiger partial charge < -0.3 is 9.73 Å². The number of thioether (sulfide) groups is 1. The van der Waals surface area contributed by atoms with Gasteiger partial charge in [0, 0.05) is 41.1 Å². The van der Waals surface area contributed by atoms with Crippen LogP contribution in [0.5, 0.6) is 0 Å². The Labute approximate surface area is 263 Å². The maximum Gasteiger partial charge on any atom is 0.263 e. The lowest BCUT2D eigenvalue weighted by Crippen LogP contribution is -2.54. The van der Waals surface area contributed by atoms with Crippen LogP contribution in [0.4, 0.5) is 0 Å². The van der Waals surface area contributed by atoms with Crippen LogP contribution in [0, 0.1) is 0 Å². The predicted octanol–water partition coefficient (Wildman–Crippen LogP) is 5.18.